The Morgan fingerprint density at radius 2 is 1.83 bits per heavy atom. The lowest BCUT2D eigenvalue weighted by Gasteiger charge is -2.12. The maximum atomic E-state index is 11.3. The molecular weight excluding hydrogens is 170 g/mol. The van der Waals surface area contributed by atoms with Gasteiger partial charge in [-0.3, -0.25) is 0 Å². The zero-order valence-corrected chi connectivity index (χ0v) is 8.69. The van der Waals surface area contributed by atoms with Crippen molar-refractivity contribution in [2.45, 2.75) is 51.2 Å². The van der Waals surface area contributed by atoms with Crippen LogP contribution in [0.1, 0.15) is 46.0 Å². The van der Waals surface area contributed by atoms with Crippen LogP contribution in [0, 0.1) is 0 Å². The van der Waals surface area contributed by atoms with Gasteiger partial charge in [0.2, 0.25) is 0 Å². The number of hydrogen-bond acceptors (Lipinski definition) is 1. The molecule has 0 saturated heterocycles. The largest absolute Gasteiger partial charge is 0.235 e. The van der Waals surface area contributed by atoms with Gasteiger partial charge in [0, 0.05) is 5.71 Å². The predicted molar refractivity (Wildman–Crippen MR) is 53.8 cm³/mol. The Bertz CT molecular complexity index is 191. The van der Waals surface area contributed by atoms with Crippen molar-refractivity contribution in [3.05, 3.63) is 0 Å². The molecule has 2 nitrogen and oxygen atoms in total. The summed E-state index contributed by atoms with van der Waals surface area (Å²) in [5, 5.41) is 0.166. The summed E-state index contributed by atoms with van der Waals surface area (Å²) in [5.41, 5.74) is 1.17. The van der Waals surface area contributed by atoms with Crippen molar-refractivity contribution >= 4 is 16.7 Å². The molecule has 0 aromatic heterocycles. The molecule has 0 aromatic rings. The van der Waals surface area contributed by atoms with Gasteiger partial charge in [0.25, 0.3) is 0 Å². The molecule has 1 atom stereocenters. The van der Waals surface area contributed by atoms with E-state index in [1.807, 2.05) is 13.8 Å². The van der Waals surface area contributed by atoms with Gasteiger partial charge in [-0.15, -0.1) is 0 Å². The van der Waals surface area contributed by atoms with E-state index in [4.69, 9.17) is 0 Å². The lowest BCUT2D eigenvalue weighted by molar-refractivity contribution is 0.662. The zero-order chi connectivity index (χ0) is 8.97. The zero-order valence-electron chi connectivity index (χ0n) is 7.88. The van der Waals surface area contributed by atoms with Crippen molar-refractivity contribution in [2.75, 3.05) is 0 Å². The van der Waals surface area contributed by atoms with E-state index < -0.39 is 11.0 Å². The van der Waals surface area contributed by atoms with Crippen LogP contribution in [0.15, 0.2) is 4.40 Å². The van der Waals surface area contributed by atoms with E-state index >= 15 is 0 Å². The monoisotopic (exact) mass is 187 g/mol. The Hall–Kier alpha value is -0.180. The summed E-state index contributed by atoms with van der Waals surface area (Å²) < 4.78 is 15.6. The van der Waals surface area contributed by atoms with Crippen molar-refractivity contribution in [3.63, 3.8) is 0 Å². The molecule has 1 saturated carbocycles. The average Bonchev–Trinajstić information content (AvgIpc) is 2.06. The van der Waals surface area contributed by atoms with Gasteiger partial charge in [-0.2, -0.15) is 4.40 Å². The summed E-state index contributed by atoms with van der Waals surface area (Å²) in [4.78, 5) is 0. The molecule has 0 heterocycles. The van der Waals surface area contributed by atoms with Gasteiger partial charge >= 0.3 is 0 Å². The Labute approximate surface area is 77.1 Å². The summed E-state index contributed by atoms with van der Waals surface area (Å²) in [5.74, 6) is 0. The van der Waals surface area contributed by atoms with Crippen molar-refractivity contribution < 1.29 is 4.21 Å². The third kappa shape index (κ3) is 3.05. The summed E-state index contributed by atoms with van der Waals surface area (Å²) in [6.07, 6.45) is 5.91. The fraction of sp³-hybridized carbons (Fsp3) is 0.889. The molecule has 1 fully saturated rings. The van der Waals surface area contributed by atoms with Gasteiger partial charge in [-0.05, 0) is 39.5 Å². The highest BCUT2D eigenvalue weighted by Crippen LogP contribution is 2.15. The highest BCUT2D eigenvalue weighted by Gasteiger charge is 2.09. The molecule has 0 spiro atoms. The first-order valence-electron chi connectivity index (χ1n) is 4.67. The lowest BCUT2D eigenvalue weighted by Crippen LogP contribution is -2.09. The van der Waals surface area contributed by atoms with Crippen LogP contribution in [-0.2, 0) is 11.0 Å². The van der Waals surface area contributed by atoms with Gasteiger partial charge in [-0.1, -0.05) is 6.42 Å². The van der Waals surface area contributed by atoms with Gasteiger partial charge < -0.3 is 0 Å². The maximum Gasteiger partial charge on any atom is 0.141 e. The summed E-state index contributed by atoms with van der Waals surface area (Å²) in [6.45, 7) is 3.89. The molecule has 0 bridgehead atoms. The Morgan fingerprint density at radius 3 is 2.33 bits per heavy atom. The highest BCUT2D eigenvalue weighted by molar-refractivity contribution is 7.84. The second-order valence-electron chi connectivity index (χ2n) is 3.54. The fourth-order valence-electron chi connectivity index (χ4n) is 1.28. The third-order valence-corrected chi connectivity index (χ3v) is 3.30. The minimum Gasteiger partial charge on any atom is -0.235 e. The van der Waals surface area contributed by atoms with E-state index in [9.17, 15) is 4.21 Å². The molecule has 0 aromatic carbocycles. The molecule has 1 aliphatic carbocycles. The third-order valence-electron chi connectivity index (χ3n) is 2.05. The standard InChI is InChI=1S/C9H17NOS/c1-8(2)12(11)10-9-6-4-3-5-7-9/h8H,3-7H2,1-2H3. The summed E-state index contributed by atoms with van der Waals surface area (Å²) in [7, 11) is -0.981. The number of hydrogen-bond donors (Lipinski definition) is 0. The number of rotatable bonds is 2. The van der Waals surface area contributed by atoms with Gasteiger partial charge in [0.05, 0.1) is 5.25 Å². The van der Waals surface area contributed by atoms with Crippen LogP contribution >= 0.6 is 0 Å². The summed E-state index contributed by atoms with van der Waals surface area (Å²) >= 11 is 0. The van der Waals surface area contributed by atoms with Gasteiger partial charge in [-0.25, -0.2) is 4.21 Å². The molecule has 70 valence electrons. The normalized spacial score (nSPS) is 21.1. The van der Waals surface area contributed by atoms with E-state index in [1.165, 1.54) is 25.0 Å². The quantitative estimate of drug-likeness (QED) is 0.653. The van der Waals surface area contributed by atoms with Crippen LogP contribution in [0.4, 0.5) is 0 Å². The van der Waals surface area contributed by atoms with Crippen molar-refractivity contribution in [2.24, 2.45) is 4.40 Å². The van der Waals surface area contributed by atoms with E-state index in [0.29, 0.717) is 0 Å². The smallest absolute Gasteiger partial charge is 0.141 e. The molecular formula is C9H17NOS. The maximum absolute atomic E-state index is 11.3. The van der Waals surface area contributed by atoms with Crippen LogP contribution in [0.5, 0.6) is 0 Å². The molecule has 0 radical (unpaired) electrons. The molecule has 1 aliphatic rings. The van der Waals surface area contributed by atoms with Crippen LogP contribution in [-0.4, -0.2) is 15.2 Å². The molecule has 12 heavy (non-hydrogen) atoms. The Kier molecular flexibility index (Phi) is 3.92. The van der Waals surface area contributed by atoms with E-state index in [2.05, 4.69) is 4.40 Å². The first kappa shape index (κ1) is 9.90. The Morgan fingerprint density at radius 1 is 1.25 bits per heavy atom. The fourth-order valence-corrected chi connectivity index (χ4v) is 1.93. The molecule has 0 amide bonds. The van der Waals surface area contributed by atoms with Crippen molar-refractivity contribution in [1.29, 1.82) is 0 Å². The highest BCUT2D eigenvalue weighted by atomic mass is 32.2. The SMILES string of the molecule is CC(C)S(=O)N=C1CCCCC1. The second kappa shape index (κ2) is 4.75. The van der Waals surface area contributed by atoms with Crippen molar-refractivity contribution in [3.8, 4) is 0 Å². The molecule has 1 rings (SSSR count). The first-order chi connectivity index (χ1) is 5.70. The molecule has 0 N–H and O–H groups in total. The minimum absolute atomic E-state index is 0.166. The van der Waals surface area contributed by atoms with Crippen LogP contribution in [0.2, 0.25) is 0 Å². The van der Waals surface area contributed by atoms with Gasteiger partial charge in [0.1, 0.15) is 11.0 Å². The van der Waals surface area contributed by atoms with E-state index in [0.717, 1.165) is 12.8 Å². The molecule has 1 unspecified atom stereocenters. The Balaban J connectivity index is 2.48. The lowest BCUT2D eigenvalue weighted by atomic mass is 9.99. The van der Waals surface area contributed by atoms with Crippen LogP contribution in [0.3, 0.4) is 0 Å². The van der Waals surface area contributed by atoms with Crippen LogP contribution < -0.4 is 0 Å². The van der Waals surface area contributed by atoms with Crippen molar-refractivity contribution in [1.82, 2.24) is 0 Å². The molecule has 0 aliphatic heterocycles. The predicted octanol–water partition coefficient (Wildman–Crippen LogP) is 2.46. The average molecular weight is 187 g/mol. The minimum atomic E-state index is -0.981. The van der Waals surface area contributed by atoms with Gasteiger partial charge in [0.15, 0.2) is 0 Å². The van der Waals surface area contributed by atoms with Crippen LogP contribution in [0.25, 0.3) is 0 Å². The molecule has 3 heteroatoms. The topological polar surface area (TPSA) is 29.4 Å². The second-order valence-corrected chi connectivity index (χ2v) is 5.22. The summed E-state index contributed by atoms with van der Waals surface area (Å²) in [6, 6.07) is 0. The first-order valence-corrected chi connectivity index (χ1v) is 5.84. The van der Waals surface area contributed by atoms with E-state index in [1.54, 1.807) is 0 Å². The van der Waals surface area contributed by atoms with E-state index in [-0.39, 0.29) is 5.25 Å². The number of nitrogens with zero attached hydrogens (tertiary/aromatic N) is 1.